The van der Waals surface area contributed by atoms with Gasteiger partial charge in [-0.25, -0.2) is 4.98 Å². The predicted octanol–water partition coefficient (Wildman–Crippen LogP) is 4.26. The van der Waals surface area contributed by atoms with Gasteiger partial charge in [0.25, 0.3) is 0 Å². The average Bonchev–Trinajstić information content (AvgIpc) is 3.66. The van der Waals surface area contributed by atoms with Crippen molar-refractivity contribution >= 4 is 23.0 Å². The van der Waals surface area contributed by atoms with Crippen LogP contribution in [0.5, 0.6) is 0 Å². The lowest BCUT2D eigenvalue weighted by molar-refractivity contribution is -0.117. The Labute approximate surface area is 189 Å². The van der Waals surface area contributed by atoms with Crippen LogP contribution >= 0.6 is 0 Å². The van der Waals surface area contributed by atoms with Crippen LogP contribution in [0.2, 0.25) is 0 Å². The molecule has 0 saturated heterocycles. The molecule has 6 heteroatoms. The molecule has 1 aromatic carbocycles. The van der Waals surface area contributed by atoms with Crippen LogP contribution in [-0.4, -0.2) is 30.0 Å². The van der Waals surface area contributed by atoms with E-state index in [2.05, 4.69) is 52.9 Å². The second-order valence-corrected chi connectivity index (χ2v) is 9.20. The SMILES string of the molecule is CC(=O)N1c2ccc(C3=CCNCC3)cc2C(Nc2ccc(C#N)cn2)[C@@H](C)[C@@H]1C1CC1. The fourth-order valence-electron chi connectivity index (χ4n) is 5.35. The van der Waals surface area contributed by atoms with Gasteiger partial charge >= 0.3 is 0 Å². The second kappa shape index (κ2) is 8.40. The van der Waals surface area contributed by atoms with Crippen LogP contribution in [0.15, 0.2) is 42.6 Å². The summed E-state index contributed by atoms with van der Waals surface area (Å²) in [6, 6.07) is 12.6. The third-order valence-electron chi connectivity index (χ3n) is 7.06. The summed E-state index contributed by atoms with van der Waals surface area (Å²) < 4.78 is 0. The van der Waals surface area contributed by atoms with Crippen LogP contribution in [0.1, 0.15) is 55.8 Å². The summed E-state index contributed by atoms with van der Waals surface area (Å²) in [6.45, 7) is 5.81. The number of nitriles is 1. The highest BCUT2D eigenvalue weighted by atomic mass is 16.2. The number of carbonyl (C=O) groups excluding carboxylic acids is 1. The van der Waals surface area contributed by atoms with Crippen molar-refractivity contribution < 1.29 is 4.79 Å². The van der Waals surface area contributed by atoms with Crippen molar-refractivity contribution in [3.05, 3.63) is 59.3 Å². The summed E-state index contributed by atoms with van der Waals surface area (Å²) in [5, 5.41) is 16.1. The van der Waals surface area contributed by atoms with E-state index < -0.39 is 0 Å². The van der Waals surface area contributed by atoms with Gasteiger partial charge in [-0.2, -0.15) is 5.26 Å². The number of carbonyl (C=O) groups is 1. The normalized spacial score (nSPS) is 24.8. The molecular weight excluding hydrogens is 398 g/mol. The molecule has 3 heterocycles. The molecule has 3 atom stereocenters. The van der Waals surface area contributed by atoms with E-state index >= 15 is 0 Å². The molecule has 1 amide bonds. The first-order valence-electron chi connectivity index (χ1n) is 11.5. The molecule has 1 saturated carbocycles. The highest BCUT2D eigenvalue weighted by Crippen LogP contribution is 2.50. The fraction of sp³-hybridized carbons (Fsp3) is 0.423. The average molecular weight is 428 g/mol. The van der Waals surface area contributed by atoms with Gasteiger partial charge in [0.05, 0.1) is 11.6 Å². The molecule has 1 fully saturated rings. The molecule has 32 heavy (non-hydrogen) atoms. The number of hydrogen-bond acceptors (Lipinski definition) is 5. The highest BCUT2D eigenvalue weighted by Gasteiger charge is 2.47. The first-order valence-corrected chi connectivity index (χ1v) is 11.5. The lowest BCUT2D eigenvalue weighted by Crippen LogP contribution is -2.51. The molecule has 1 aromatic heterocycles. The van der Waals surface area contributed by atoms with Gasteiger partial charge in [0.2, 0.25) is 5.91 Å². The molecule has 0 spiro atoms. The predicted molar refractivity (Wildman–Crippen MR) is 126 cm³/mol. The quantitative estimate of drug-likeness (QED) is 0.762. The molecule has 164 valence electrons. The van der Waals surface area contributed by atoms with Gasteiger partial charge in [-0.05, 0) is 72.7 Å². The third-order valence-corrected chi connectivity index (χ3v) is 7.06. The van der Waals surface area contributed by atoms with E-state index in [1.54, 1.807) is 19.2 Å². The minimum Gasteiger partial charge on any atom is -0.363 e. The Balaban J connectivity index is 1.59. The number of fused-ring (bicyclic) bond motifs is 1. The first kappa shape index (κ1) is 20.7. The van der Waals surface area contributed by atoms with Gasteiger partial charge in [-0.3, -0.25) is 4.79 Å². The van der Waals surface area contributed by atoms with Crippen LogP contribution in [0.4, 0.5) is 11.5 Å². The fourth-order valence-corrected chi connectivity index (χ4v) is 5.35. The van der Waals surface area contributed by atoms with Crippen molar-refractivity contribution in [2.45, 2.75) is 45.2 Å². The molecule has 0 bridgehead atoms. The monoisotopic (exact) mass is 427 g/mol. The third kappa shape index (κ3) is 3.78. The Morgan fingerprint density at radius 1 is 1.28 bits per heavy atom. The zero-order valence-corrected chi connectivity index (χ0v) is 18.6. The molecule has 6 nitrogen and oxygen atoms in total. The summed E-state index contributed by atoms with van der Waals surface area (Å²) in [5.74, 6) is 1.64. The number of rotatable bonds is 4. The molecule has 2 aromatic rings. The van der Waals surface area contributed by atoms with Crippen molar-refractivity contribution in [2.24, 2.45) is 11.8 Å². The number of anilines is 2. The molecule has 2 N–H and O–H groups in total. The second-order valence-electron chi connectivity index (χ2n) is 9.20. The lowest BCUT2D eigenvalue weighted by atomic mass is 9.79. The van der Waals surface area contributed by atoms with Gasteiger partial charge in [0.1, 0.15) is 11.9 Å². The minimum absolute atomic E-state index is 0.0360. The number of hydrogen-bond donors (Lipinski definition) is 2. The number of amides is 1. The van der Waals surface area contributed by atoms with E-state index in [1.807, 2.05) is 11.0 Å². The molecule has 0 radical (unpaired) electrons. The van der Waals surface area contributed by atoms with Crippen molar-refractivity contribution in [3.8, 4) is 6.07 Å². The van der Waals surface area contributed by atoms with Crippen LogP contribution in [-0.2, 0) is 4.79 Å². The van der Waals surface area contributed by atoms with Crippen molar-refractivity contribution in [1.82, 2.24) is 10.3 Å². The van der Waals surface area contributed by atoms with Gasteiger partial charge in [0, 0.05) is 37.3 Å². The maximum absolute atomic E-state index is 12.8. The molecule has 1 unspecified atom stereocenters. The first-order chi connectivity index (χ1) is 15.6. The molecule has 1 aliphatic carbocycles. The maximum Gasteiger partial charge on any atom is 0.224 e. The van der Waals surface area contributed by atoms with Crippen molar-refractivity contribution in [3.63, 3.8) is 0 Å². The number of benzene rings is 1. The zero-order chi connectivity index (χ0) is 22.2. The largest absolute Gasteiger partial charge is 0.363 e. The number of aromatic nitrogens is 1. The number of nitrogens with zero attached hydrogens (tertiary/aromatic N) is 3. The standard InChI is InChI=1S/C26H29N5O/c1-16-25(30-24-8-3-18(14-27)15-29-24)22-13-21(19-9-11-28-12-10-19)6-7-23(22)31(17(2)32)26(16)20-4-5-20/h3,6-9,13,15-16,20,25-26,28H,4-5,10-12H2,1-2H3,(H,29,30)/t16-,25?,26-/m1/s1. The van der Waals surface area contributed by atoms with Gasteiger partial charge in [-0.15, -0.1) is 0 Å². The summed E-state index contributed by atoms with van der Waals surface area (Å²) in [4.78, 5) is 19.3. The molecule has 5 rings (SSSR count). The van der Waals surface area contributed by atoms with Crippen molar-refractivity contribution in [2.75, 3.05) is 23.3 Å². The van der Waals surface area contributed by atoms with E-state index in [4.69, 9.17) is 5.26 Å². The molecule has 3 aliphatic rings. The number of pyridine rings is 1. The van der Waals surface area contributed by atoms with Crippen LogP contribution < -0.4 is 15.5 Å². The molecular formula is C26H29N5O. The van der Waals surface area contributed by atoms with Crippen LogP contribution in [0.3, 0.4) is 0 Å². The smallest absolute Gasteiger partial charge is 0.224 e. The minimum atomic E-state index is 0.0360. The molecule has 2 aliphatic heterocycles. The van der Waals surface area contributed by atoms with Gasteiger partial charge in [-0.1, -0.05) is 19.1 Å². The van der Waals surface area contributed by atoms with E-state index in [1.165, 1.54) is 24.0 Å². The van der Waals surface area contributed by atoms with Gasteiger partial charge in [0.15, 0.2) is 0 Å². The van der Waals surface area contributed by atoms with Crippen LogP contribution in [0.25, 0.3) is 5.57 Å². The van der Waals surface area contributed by atoms with Gasteiger partial charge < -0.3 is 15.5 Å². The Bertz CT molecular complexity index is 1100. The summed E-state index contributed by atoms with van der Waals surface area (Å²) in [7, 11) is 0. The Morgan fingerprint density at radius 3 is 2.75 bits per heavy atom. The van der Waals surface area contributed by atoms with E-state index in [0.29, 0.717) is 11.5 Å². The maximum atomic E-state index is 12.8. The van der Waals surface area contributed by atoms with E-state index in [-0.39, 0.29) is 23.9 Å². The Hall–Kier alpha value is -3.17. The topological polar surface area (TPSA) is 81.0 Å². The summed E-state index contributed by atoms with van der Waals surface area (Å²) in [5.41, 5.74) is 5.29. The highest BCUT2D eigenvalue weighted by molar-refractivity contribution is 5.94. The zero-order valence-electron chi connectivity index (χ0n) is 18.6. The summed E-state index contributed by atoms with van der Waals surface area (Å²) in [6.07, 6.45) is 7.22. The van der Waals surface area contributed by atoms with Crippen LogP contribution in [0, 0.1) is 23.2 Å². The Morgan fingerprint density at radius 2 is 2.12 bits per heavy atom. The summed E-state index contributed by atoms with van der Waals surface area (Å²) >= 11 is 0. The lowest BCUT2D eigenvalue weighted by Gasteiger charge is -2.46. The van der Waals surface area contributed by atoms with E-state index in [9.17, 15) is 4.79 Å². The van der Waals surface area contributed by atoms with Crippen molar-refractivity contribution in [1.29, 1.82) is 5.26 Å². The van der Waals surface area contributed by atoms with E-state index in [0.717, 1.165) is 36.6 Å². The Kier molecular flexibility index (Phi) is 5.44. The number of nitrogens with one attached hydrogen (secondary N) is 2.